The van der Waals surface area contributed by atoms with Gasteiger partial charge in [-0.2, -0.15) is 12.7 Å². The number of rotatable bonds is 7. The van der Waals surface area contributed by atoms with Gasteiger partial charge < -0.3 is 10.1 Å². The van der Waals surface area contributed by atoms with Gasteiger partial charge in [-0.05, 0) is 79.5 Å². The molecule has 1 saturated heterocycles. The number of fused-ring (bicyclic) bond motifs is 1. The van der Waals surface area contributed by atoms with Crippen LogP contribution in [0, 0.1) is 23.4 Å². The first-order valence-corrected chi connectivity index (χ1v) is 12.7. The number of aliphatic hydroxyl groups excluding tert-OH is 1. The minimum atomic E-state index is -3.70. The van der Waals surface area contributed by atoms with E-state index in [2.05, 4.69) is 9.71 Å². The molecule has 2 aromatic carbocycles. The van der Waals surface area contributed by atoms with Crippen LogP contribution in [0.5, 0.6) is 0 Å². The van der Waals surface area contributed by atoms with Crippen LogP contribution in [0.4, 0.5) is 13.2 Å². The molecule has 5 rings (SSSR count). The standard InChI is InChI=1S/C24H26F3N3O3S/c1-24(13-31)6-7-30(24)34(32,33)28-12-14-8-16(9-14)21-19-10-18(26)11-20(27)23(19)29-22(21)15-2-4-17(25)5-3-15/h2-5,10-11,14,16,28-29,31H,6-9,12-13H2,1H3. The molecule has 3 N–H and O–H groups in total. The van der Waals surface area contributed by atoms with Crippen molar-refractivity contribution in [3.05, 3.63) is 59.4 Å². The van der Waals surface area contributed by atoms with Crippen molar-refractivity contribution in [2.24, 2.45) is 5.92 Å². The number of nitrogens with one attached hydrogen (secondary N) is 2. The highest BCUT2D eigenvalue weighted by Gasteiger charge is 2.47. The zero-order valence-corrected chi connectivity index (χ0v) is 19.4. The SMILES string of the molecule is CC1(CO)CCN1S(=O)(=O)NCC1CC(c2c(-c3ccc(F)cc3)[nH]c3c(F)cc(F)cc23)C1. The summed E-state index contributed by atoms with van der Waals surface area (Å²) in [4.78, 5) is 3.06. The Balaban J connectivity index is 1.36. The van der Waals surface area contributed by atoms with Gasteiger partial charge in [-0.3, -0.25) is 0 Å². The van der Waals surface area contributed by atoms with Crippen LogP contribution in [0.2, 0.25) is 0 Å². The van der Waals surface area contributed by atoms with Crippen molar-refractivity contribution in [3.8, 4) is 11.3 Å². The lowest BCUT2D eigenvalue weighted by atomic mass is 9.70. The van der Waals surface area contributed by atoms with Crippen molar-refractivity contribution in [2.75, 3.05) is 19.7 Å². The van der Waals surface area contributed by atoms with Crippen LogP contribution >= 0.6 is 0 Å². The number of hydrogen-bond donors (Lipinski definition) is 3. The molecule has 1 aliphatic carbocycles. The molecule has 1 aromatic heterocycles. The zero-order chi connectivity index (χ0) is 24.3. The molecule has 3 aromatic rings. The molecular weight excluding hydrogens is 467 g/mol. The van der Waals surface area contributed by atoms with Gasteiger partial charge in [0.25, 0.3) is 10.2 Å². The second-order valence-corrected chi connectivity index (χ2v) is 11.3. The first-order chi connectivity index (χ1) is 16.1. The number of H-pyrrole nitrogens is 1. The molecule has 10 heteroatoms. The minimum Gasteiger partial charge on any atom is -0.394 e. The summed E-state index contributed by atoms with van der Waals surface area (Å²) in [6.07, 6.45) is 1.88. The van der Waals surface area contributed by atoms with Crippen LogP contribution in [0.15, 0.2) is 36.4 Å². The van der Waals surface area contributed by atoms with E-state index in [1.807, 2.05) is 0 Å². The van der Waals surface area contributed by atoms with Crippen LogP contribution in [0.3, 0.4) is 0 Å². The average Bonchev–Trinajstić information content (AvgIpc) is 3.10. The number of halogens is 3. The maximum atomic E-state index is 14.5. The summed E-state index contributed by atoms with van der Waals surface area (Å²) in [5.74, 6) is -1.74. The van der Waals surface area contributed by atoms with Gasteiger partial charge in [-0.1, -0.05) is 0 Å². The Morgan fingerprint density at radius 1 is 1.15 bits per heavy atom. The molecule has 182 valence electrons. The Kier molecular flexibility index (Phi) is 5.75. The molecule has 1 saturated carbocycles. The van der Waals surface area contributed by atoms with Crippen molar-refractivity contribution in [1.82, 2.24) is 14.0 Å². The van der Waals surface area contributed by atoms with Gasteiger partial charge in [-0.25, -0.2) is 17.9 Å². The van der Waals surface area contributed by atoms with E-state index in [1.54, 1.807) is 19.1 Å². The predicted molar refractivity (Wildman–Crippen MR) is 123 cm³/mol. The first-order valence-electron chi connectivity index (χ1n) is 11.3. The summed E-state index contributed by atoms with van der Waals surface area (Å²) in [5.41, 5.74) is 1.46. The molecule has 2 aliphatic rings. The molecule has 2 fully saturated rings. The van der Waals surface area contributed by atoms with Crippen molar-refractivity contribution in [2.45, 2.75) is 37.6 Å². The van der Waals surface area contributed by atoms with Gasteiger partial charge in [0.15, 0.2) is 0 Å². The minimum absolute atomic E-state index is 0.0313. The molecular formula is C24H26F3N3O3S. The Hall–Kier alpha value is -2.40. The van der Waals surface area contributed by atoms with E-state index >= 15 is 0 Å². The summed E-state index contributed by atoms with van der Waals surface area (Å²) < 4.78 is 71.2. The lowest BCUT2D eigenvalue weighted by molar-refractivity contribution is 0.0267. The molecule has 0 spiro atoms. The van der Waals surface area contributed by atoms with E-state index in [9.17, 15) is 26.7 Å². The summed E-state index contributed by atoms with van der Waals surface area (Å²) >= 11 is 0. The fourth-order valence-electron chi connectivity index (χ4n) is 5.10. The van der Waals surface area contributed by atoms with Gasteiger partial charge >= 0.3 is 0 Å². The van der Waals surface area contributed by atoms with Crippen LogP contribution < -0.4 is 4.72 Å². The van der Waals surface area contributed by atoms with Crippen LogP contribution in [0.1, 0.15) is 37.7 Å². The molecule has 1 atom stereocenters. The molecule has 0 bridgehead atoms. The van der Waals surface area contributed by atoms with E-state index in [4.69, 9.17) is 0 Å². The number of hydrogen-bond acceptors (Lipinski definition) is 3. The second-order valence-electron chi connectivity index (χ2n) is 9.60. The Bertz CT molecular complexity index is 1330. The van der Waals surface area contributed by atoms with Gasteiger partial charge in [-0.15, -0.1) is 0 Å². The lowest BCUT2D eigenvalue weighted by Crippen LogP contribution is -2.64. The number of aliphatic hydroxyl groups is 1. The van der Waals surface area contributed by atoms with Crippen LogP contribution in [0.25, 0.3) is 22.2 Å². The van der Waals surface area contributed by atoms with E-state index in [-0.39, 0.29) is 30.5 Å². The maximum Gasteiger partial charge on any atom is 0.280 e. The van der Waals surface area contributed by atoms with E-state index in [0.717, 1.165) is 11.6 Å². The molecule has 0 radical (unpaired) electrons. The lowest BCUT2D eigenvalue weighted by Gasteiger charge is -2.48. The van der Waals surface area contributed by atoms with Crippen molar-refractivity contribution in [3.63, 3.8) is 0 Å². The summed E-state index contributed by atoms with van der Waals surface area (Å²) in [5, 5.41) is 9.95. The fourth-order valence-corrected chi connectivity index (χ4v) is 6.76. The van der Waals surface area contributed by atoms with Crippen molar-refractivity contribution in [1.29, 1.82) is 0 Å². The van der Waals surface area contributed by atoms with Gasteiger partial charge in [0.1, 0.15) is 17.5 Å². The molecule has 1 unspecified atom stereocenters. The van der Waals surface area contributed by atoms with Crippen LogP contribution in [-0.4, -0.2) is 48.0 Å². The normalized spacial score (nSPS) is 25.3. The molecule has 34 heavy (non-hydrogen) atoms. The van der Waals surface area contributed by atoms with Crippen LogP contribution in [-0.2, 0) is 10.2 Å². The summed E-state index contributed by atoms with van der Waals surface area (Å²) in [6.45, 7) is 2.08. The van der Waals surface area contributed by atoms with Gasteiger partial charge in [0, 0.05) is 24.5 Å². The third-order valence-corrected chi connectivity index (χ3v) is 9.02. The second kappa shape index (κ2) is 8.37. The Morgan fingerprint density at radius 3 is 2.47 bits per heavy atom. The number of benzene rings is 2. The van der Waals surface area contributed by atoms with Crippen molar-refractivity contribution < 1.29 is 26.7 Å². The largest absolute Gasteiger partial charge is 0.394 e. The zero-order valence-electron chi connectivity index (χ0n) is 18.6. The highest BCUT2D eigenvalue weighted by molar-refractivity contribution is 7.87. The highest BCUT2D eigenvalue weighted by Crippen LogP contribution is 2.48. The fraction of sp³-hybridized carbons (Fsp3) is 0.417. The Morgan fingerprint density at radius 2 is 1.85 bits per heavy atom. The molecule has 0 amide bonds. The quantitative estimate of drug-likeness (QED) is 0.465. The van der Waals surface area contributed by atoms with Gasteiger partial charge in [0.05, 0.1) is 23.4 Å². The Labute approximate surface area is 196 Å². The summed E-state index contributed by atoms with van der Waals surface area (Å²) in [6, 6.07) is 7.94. The van der Waals surface area contributed by atoms with E-state index < -0.39 is 33.2 Å². The maximum absolute atomic E-state index is 14.5. The third-order valence-electron chi connectivity index (χ3n) is 7.28. The van der Waals surface area contributed by atoms with Gasteiger partial charge in [0.2, 0.25) is 0 Å². The first kappa shape index (κ1) is 23.3. The number of aromatic amines is 1. The summed E-state index contributed by atoms with van der Waals surface area (Å²) in [7, 11) is -3.70. The van der Waals surface area contributed by atoms with E-state index in [0.29, 0.717) is 42.5 Å². The van der Waals surface area contributed by atoms with E-state index in [1.165, 1.54) is 22.5 Å². The molecule has 6 nitrogen and oxygen atoms in total. The monoisotopic (exact) mass is 493 g/mol. The molecule has 2 heterocycles. The van der Waals surface area contributed by atoms with Crippen molar-refractivity contribution >= 4 is 21.1 Å². The number of nitrogens with zero attached hydrogens (tertiary/aromatic N) is 1. The highest BCUT2D eigenvalue weighted by atomic mass is 32.2. The average molecular weight is 494 g/mol. The topological polar surface area (TPSA) is 85.4 Å². The number of aromatic nitrogens is 1. The smallest absolute Gasteiger partial charge is 0.280 e. The molecule has 1 aliphatic heterocycles. The third kappa shape index (κ3) is 3.92. The predicted octanol–water partition coefficient (Wildman–Crippen LogP) is 4.04.